The molecular formula is C20H31N3O2. The molecule has 1 aliphatic carbocycles. The Hall–Kier alpha value is -2.04. The van der Waals surface area contributed by atoms with Crippen LogP contribution in [-0.4, -0.2) is 25.6 Å². The Morgan fingerprint density at radius 1 is 1.16 bits per heavy atom. The zero-order chi connectivity index (χ0) is 17.9. The van der Waals surface area contributed by atoms with Gasteiger partial charge >= 0.3 is 5.97 Å². The number of benzene rings is 1. The SMILES string of the molecule is COC(=O)CCCCCCCN=C(N)Nc1cccc2c1CCCC2. The number of fused-ring (bicyclic) bond motifs is 1. The predicted octanol–water partition coefficient (Wildman–Crippen LogP) is 3.81. The Labute approximate surface area is 151 Å². The van der Waals surface area contributed by atoms with Gasteiger partial charge in [-0.2, -0.15) is 0 Å². The fraction of sp³-hybridized carbons (Fsp3) is 0.600. The molecule has 2 rings (SSSR count). The number of nitrogens with zero attached hydrogens (tertiary/aromatic N) is 1. The van der Waals surface area contributed by atoms with E-state index >= 15 is 0 Å². The van der Waals surface area contributed by atoms with Crippen molar-refractivity contribution in [1.29, 1.82) is 0 Å². The van der Waals surface area contributed by atoms with Crippen LogP contribution in [0, 0.1) is 0 Å². The number of methoxy groups -OCH3 is 1. The van der Waals surface area contributed by atoms with Crippen molar-refractivity contribution in [3.05, 3.63) is 29.3 Å². The number of nitrogens with one attached hydrogen (secondary N) is 1. The average Bonchev–Trinajstić information content (AvgIpc) is 2.64. The van der Waals surface area contributed by atoms with Gasteiger partial charge in [0.15, 0.2) is 5.96 Å². The quantitative estimate of drug-likeness (QED) is 0.309. The van der Waals surface area contributed by atoms with E-state index in [1.165, 1.54) is 31.1 Å². The Morgan fingerprint density at radius 2 is 1.92 bits per heavy atom. The summed E-state index contributed by atoms with van der Waals surface area (Å²) in [5.41, 5.74) is 9.99. The summed E-state index contributed by atoms with van der Waals surface area (Å²) < 4.78 is 4.63. The van der Waals surface area contributed by atoms with Crippen LogP contribution in [0.3, 0.4) is 0 Å². The van der Waals surface area contributed by atoms with E-state index in [-0.39, 0.29) is 5.97 Å². The van der Waals surface area contributed by atoms with Crippen molar-refractivity contribution in [2.75, 3.05) is 19.0 Å². The zero-order valence-corrected chi connectivity index (χ0v) is 15.4. The van der Waals surface area contributed by atoms with Crippen LogP contribution in [0.2, 0.25) is 0 Å². The topological polar surface area (TPSA) is 76.7 Å². The van der Waals surface area contributed by atoms with Crippen LogP contribution in [-0.2, 0) is 22.4 Å². The molecule has 0 aliphatic heterocycles. The first-order valence-electron chi connectivity index (χ1n) is 9.45. The average molecular weight is 345 g/mol. The number of ether oxygens (including phenoxy) is 1. The van der Waals surface area contributed by atoms with E-state index in [0.29, 0.717) is 12.4 Å². The molecule has 0 saturated heterocycles. The maximum absolute atomic E-state index is 11.0. The normalized spacial score (nSPS) is 14.0. The second-order valence-electron chi connectivity index (χ2n) is 6.64. The summed E-state index contributed by atoms with van der Waals surface area (Å²) in [6.07, 6.45) is 10.5. The van der Waals surface area contributed by atoms with Crippen molar-refractivity contribution in [3.8, 4) is 0 Å². The highest BCUT2D eigenvalue weighted by atomic mass is 16.5. The number of carbonyl (C=O) groups is 1. The number of hydrogen-bond acceptors (Lipinski definition) is 3. The summed E-state index contributed by atoms with van der Waals surface area (Å²) in [6.45, 7) is 0.741. The van der Waals surface area contributed by atoms with Gasteiger partial charge in [0.2, 0.25) is 0 Å². The molecule has 0 radical (unpaired) electrons. The highest BCUT2D eigenvalue weighted by molar-refractivity contribution is 5.93. The minimum Gasteiger partial charge on any atom is -0.469 e. The molecule has 0 spiro atoms. The van der Waals surface area contributed by atoms with E-state index in [2.05, 4.69) is 33.2 Å². The van der Waals surface area contributed by atoms with E-state index in [4.69, 9.17) is 5.73 Å². The van der Waals surface area contributed by atoms with Crippen molar-refractivity contribution in [2.45, 2.75) is 64.2 Å². The van der Waals surface area contributed by atoms with Crippen molar-refractivity contribution in [3.63, 3.8) is 0 Å². The van der Waals surface area contributed by atoms with Crippen LogP contribution in [0.5, 0.6) is 0 Å². The lowest BCUT2D eigenvalue weighted by Gasteiger charge is -2.19. The molecule has 5 nitrogen and oxygen atoms in total. The second kappa shape index (κ2) is 10.7. The van der Waals surface area contributed by atoms with Gasteiger partial charge in [0.1, 0.15) is 0 Å². The number of nitrogens with two attached hydrogens (primary N) is 1. The molecule has 0 fully saturated rings. The van der Waals surface area contributed by atoms with E-state index in [1.807, 2.05) is 0 Å². The molecular weight excluding hydrogens is 314 g/mol. The molecule has 0 amide bonds. The van der Waals surface area contributed by atoms with Crippen LogP contribution in [0.25, 0.3) is 0 Å². The van der Waals surface area contributed by atoms with Crippen molar-refractivity contribution >= 4 is 17.6 Å². The van der Waals surface area contributed by atoms with Crippen molar-refractivity contribution in [1.82, 2.24) is 0 Å². The van der Waals surface area contributed by atoms with Gasteiger partial charge in [-0.3, -0.25) is 9.79 Å². The third-order valence-electron chi connectivity index (χ3n) is 4.71. The smallest absolute Gasteiger partial charge is 0.305 e. The maximum Gasteiger partial charge on any atom is 0.305 e. The summed E-state index contributed by atoms with van der Waals surface area (Å²) in [4.78, 5) is 15.4. The highest BCUT2D eigenvalue weighted by Gasteiger charge is 2.12. The number of aryl methyl sites for hydroxylation is 1. The molecule has 1 aromatic carbocycles. The van der Waals surface area contributed by atoms with Crippen molar-refractivity contribution < 1.29 is 9.53 Å². The second-order valence-corrected chi connectivity index (χ2v) is 6.64. The van der Waals surface area contributed by atoms with Gasteiger partial charge < -0.3 is 15.8 Å². The monoisotopic (exact) mass is 345 g/mol. The molecule has 0 unspecified atom stereocenters. The van der Waals surface area contributed by atoms with Crippen LogP contribution in [0.1, 0.15) is 62.5 Å². The summed E-state index contributed by atoms with van der Waals surface area (Å²) in [6, 6.07) is 6.40. The zero-order valence-electron chi connectivity index (χ0n) is 15.4. The van der Waals surface area contributed by atoms with Crippen LogP contribution in [0.4, 0.5) is 5.69 Å². The number of anilines is 1. The third-order valence-corrected chi connectivity index (χ3v) is 4.71. The summed E-state index contributed by atoms with van der Waals surface area (Å²) in [7, 11) is 1.43. The van der Waals surface area contributed by atoms with Gasteiger partial charge in [0.05, 0.1) is 7.11 Å². The first-order valence-corrected chi connectivity index (χ1v) is 9.45. The van der Waals surface area contributed by atoms with Crippen LogP contribution in [0.15, 0.2) is 23.2 Å². The number of rotatable bonds is 9. The van der Waals surface area contributed by atoms with Gasteiger partial charge in [-0.15, -0.1) is 0 Å². The fourth-order valence-corrected chi connectivity index (χ4v) is 3.29. The first kappa shape index (κ1) is 19.3. The number of hydrogen-bond donors (Lipinski definition) is 2. The van der Waals surface area contributed by atoms with E-state index in [0.717, 1.165) is 57.2 Å². The van der Waals surface area contributed by atoms with Gasteiger partial charge in [0, 0.05) is 18.7 Å². The molecule has 0 saturated carbocycles. The Morgan fingerprint density at radius 3 is 2.76 bits per heavy atom. The van der Waals surface area contributed by atoms with Gasteiger partial charge in [0.25, 0.3) is 0 Å². The molecule has 0 bridgehead atoms. The van der Waals surface area contributed by atoms with Gasteiger partial charge in [-0.1, -0.05) is 31.4 Å². The summed E-state index contributed by atoms with van der Waals surface area (Å²) in [5, 5.41) is 3.28. The Kier molecular flexibility index (Phi) is 8.29. The fourth-order valence-electron chi connectivity index (χ4n) is 3.29. The number of unbranched alkanes of at least 4 members (excludes halogenated alkanes) is 4. The molecule has 3 N–H and O–H groups in total. The first-order chi connectivity index (χ1) is 12.2. The molecule has 25 heavy (non-hydrogen) atoms. The largest absolute Gasteiger partial charge is 0.469 e. The highest BCUT2D eigenvalue weighted by Crippen LogP contribution is 2.27. The summed E-state index contributed by atoms with van der Waals surface area (Å²) in [5.74, 6) is 0.385. The number of carbonyl (C=O) groups excluding carboxylic acids is 1. The number of guanidine groups is 1. The van der Waals surface area contributed by atoms with E-state index in [1.54, 1.807) is 0 Å². The summed E-state index contributed by atoms with van der Waals surface area (Å²) >= 11 is 0. The van der Waals surface area contributed by atoms with Crippen LogP contribution >= 0.6 is 0 Å². The Balaban J connectivity index is 1.65. The molecule has 138 valence electrons. The molecule has 1 aromatic rings. The molecule has 5 heteroatoms. The van der Waals surface area contributed by atoms with E-state index < -0.39 is 0 Å². The van der Waals surface area contributed by atoms with Crippen molar-refractivity contribution in [2.24, 2.45) is 10.7 Å². The molecule has 1 aliphatic rings. The number of esters is 1. The lowest BCUT2D eigenvalue weighted by atomic mass is 9.90. The minimum atomic E-state index is -0.119. The minimum absolute atomic E-state index is 0.119. The third kappa shape index (κ3) is 6.77. The van der Waals surface area contributed by atoms with Gasteiger partial charge in [-0.05, 0) is 55.7 Å². The predicted molar refractivity (Wildman–Crippen MR) is 103 cm³/mol. The lowest BCUT2D eigenvalue weighted by molar-refractivity contribution is -0.140. The molecule has 0 atom stereocenters. The Bertz CT molecular complexity index is 584. The van der Waals surface area contributed by atoms with Gasteiger partial charge in [-0.25, -0.2) is 0 Å². The standard InChI is InChI=1S/C20H31N3O2/c1-25-19(24)14-5-3-2-4-8-15-22-20(21)23-18-13-9-11-16-10-6-7-12-17(16)18/h9,11,13H,2-8,10,12,14-15H2,1H3,(H3,21,22,23). The lowest BCUT2D eigenvalue weighted by Crippen LogP contribution is -2.24. The molecule has 0 aromatic heterocycles. The number of aliphatic imine (C=N–C) groups is 1. The molecule has 0 heterocycles. The van der Waals surface area contributed by atoms with Crippen LogP contribution < -0.4 is 11.1 Å². The van der Waals surface area contributed by atoms with E-state index in [9.17, 15) is 4.79 Å². The maximum atomic E-state index is 11.0.